The Balaban J connectivity index is 1.66. The summed E-state index contributed by atoms with van der Waals surface area (Å²) in [5.74, 6) is 0.325. The van der Waals surface area contributed by atoms with E-state index in [9.17, 15) is 9.59 Å². The fraction of sp³-hybridized carbons (Fsp3) is 0.154. The third-order valence-electron chi connectivity index (χ3n) is 2.38. The van der Waals surface area contributed by atoms with Crippen LogP contribution in [0.2, 0.25) is 0 Å². The number of amides is 3. The second-order valence-corrected chi connectivity index (χ2v) is 3.90. The largest absolute Gasteiger partial charge is 0.467 e. The minimum Gasteiger partial charge on any atom is -0.467 e. The first-order valence-corrected chi connectivity index (χ1v) is 5.98. The van der Waals surface area contributed by atoms with Crippen LogP contribution in [0.3, 0.4) is 0 Å². The third-order valence-corrected chi connectivity index (χ3v) is 2.38. The van der Waals surface area contributed by atoms with E-state index in [1.165, 1.54) is 6.26 Å². The van der Waals surface area contributed by atoms with Gasteiger partial charge in [-0.3, -0.25) is 9.78 Å². The van der Waals surface area contributed by atoms with E-state index >= 15 is 0 Å². The monoisotopic (exact) mass is 274 g/mol. The lowest BCUT2D eigenvalue weighted by molar-refractivity contribution is -0.115. The van der Waals surface area contributed by atoms with E-state index in [1.54, 1.807) is 36.7 Å². The van der Waals surface area contributed by atoms with Crippen LogP contribution in [0.5, 0.6) is 0 Å². The van der Waals surface area contributed by atoms with Crippen molar-refractivity contribution in [1.29, 1.82) is 0 Å². The van der Waals surface area contributed by atoms with Crippen LogP contribution in [-0.4, -0.2) is 23.5 Å². The maximum Gasteiger partial charge on any atom is 0.315 e. The highest BCUT2D eigenvalue weighted by Crippen LogP contribution is 2.02. The molecule has 0 aliphatic heterocycles. The first-order valence-electron chi connectivity index (χ1n) is 5.98. The molecule has 0 aliphatic carbocycles. The Morgan fingerprint density at radius 3 is 2.65 bits per heavy atom. The van der Waals surface area contributed by atoms with E-state index in [1.807, 2.05) is 0 Å². The van der Waals surface area contributed by atoms with Gasteiger partial charge in [-0.05, 0) is 24.3 Å². The Labute approximate surface area is 115 Å². The maximum atomic E-state index is 11.6. The van der Waals surface area contributed by atoms with Crippen LogP contribution in [0, 0.1) is 0 Å². The number of nitrogens with one attached hydrogen (secondary N) is 3. The molecule has 0 spiro atoms. The Kier molecular flexibility index (Phi) is 4.71. The van der Waals surface area contributed by atoms with Gasteiger partial charge in [0.1, 0.15) is 5.76 Å². The summed E-state index contributed by atoms with van der Waals surface area (Å²) in [5, 5.41) is 7.64. The first-order chi connectivity index (χ1) is 9.74. The Morgan fingerprint density at radius 1 is 1.15 bits per heavy atom. The van der Waals surface area contributed by atoms with Gasteiger partial charge < -0.3 is 20.4 Å². The summed E-state index contributed by atoms with van der Waals surface area (Å²) in [4.78, 5) is 26.8. The lowest BCUT2D eigenvalue weighted by Gasteiger charge is -2.07. The molecular weight excluding hydrogens is 260 g/mol. The molecule has 2 aromatic rings. The van der Waals surface area contributed by atoms with Gasteiger partial charge in [-0.25, -0.2) is 4.79 Å². The minimum absolute atomic E-state index is 0.119. The highest BCUT2D eigenvalue weighted by Gasteiger charge is 2.06. The standard InChI is InChI=1S/C13H14N4O3/c18-12(17-10-3-5-14-6-4-10)9-16-13(19)15-8-11-2-1-7-20-11/h1-7H,8-9H2,(H,14,17,18)(H2,15,16,19). The number of pyridine rings is 1. The average molecular weight is 274 g/mol. The van der Waals surface area contributed by atoms with Gasteiger partial charge in [-0.2, -0.15) is 0 Å². The molecule has 0 saturated heterocycles. The van der Waals surface area contributed by atoms with Crippen molar-refractivity contribution in [2.75, 3.05) is 11.9 Å². The molecule has 3 N–H and O–H groups in total. The highest BCUT2D eigenvalue weighted by molar-refractivity contribution is 5.94. The van der Waals surface area contributed by atoms with E-state index < -0.39 is 6.03 Å². The van der Waals surface area contributed by atoms with Crippen molar-refractivity contribution in [3.63, 3.8) is 0 Å². The predicted molar refractivity (Wildman–Crippen MR) is 71.8 cm³/mol. The van der Waals surface area contributed by atoms with Gasteiger partial charge in [0.15, 0.2) is 0 Å². The summed E-state index contributed by atoms with van der Waals surface area (Å²) in [6.07, 6.45) is 4.66. The van der Waals surface area contributed by atoms with Gasteiger partial charge in [-0.1, -0.05) is 0 Å². The van der Waals surface area contributed by atoms with Gasteiger partial charge in [-0.15, -0.1) is 0 Å². The Hall–Kier alpha value is -2.83. The number of nitrogens with zero attached hydrogens (tertiary/aromatic N) is 1. The summed E-state index contributed by atoms with van der Waals surface area (Å²) in [6, 6.07) is 6.36. The SMILES string of the molecule is O=C(CNC(=O)NCc1ccco1)Nc1ccncc1. The average Bonchev–Trinajstić information content (AvgIpc) is 2.97. The van der Waals surface area contributed by atoms with Crippen LogP contribution < -0.4 is 16.0 Å². The summed E-state index contributed by atoms with van der Waals surface area (Å²) >= 11 is 0. The molecule has 0 bridgehead atoms. The van der Waals surface area contributed by atoms with E-state index in [0.29, 0.717) is 11.4 Å². The molecule has 2 rings (SSSR count). The molecule has 0 aromatic carbocycles. The summed E-state index contributed by atoms with van der Waals surface area (Å²) in [5.41, 5.74) is 0.628. The van der Waals surface area contributed by atoms with Gasteiger partial charge in [0.2, 0.25) is 5.91 Å². The number of urea groups is 1. The normalized spacial score (nSPS) is 9.80. The molecule has 104 valence electrons. The Morgan fingerprint density at radius 2 is 1.95 bits per heavy atom. The van der Waals surface area contributed by atoms with Crippen LogP contribution in [0.25, 0.3) is 0 Å². The molecule has 0 atom stereocenters. The fourth-order valence-electron chi connectivity index (χ4n) is 1.44. The van der Waals surface area contributed by atoms with E-state index in [4.69, 9.17) is 4.42 Å². The second kappa shape index (κ2) is 6.93. The van der Waals surface area contributed by atoms with Crippen LogP contribution in [0.1, 0.15) is 5.76 Å². The molecule has 3 amide bonds. The second-order valence-electron chi connectivity index (χ2n) is 3.90. The van der Waals surface area contributed by atoms with Crippen LogP contribution >= 0.6 is 0 Å². The predicted octanol–water partition coefficient (Wildman–Crippen LogP) is 1.11. The zero-order valence-corrected chi connectivity index (χ0v) is 10.6. The van der Waals surface area contributed by atoms with Crippen molar-refractivity contribution in [3.05, 3.63) is 48.7 Å². The lowest BCUT2D eigenvalue weighted by Crippen LogP contribution is -2.39. The number of aromatic nitrogens is 1. The maximum absolute atomic E-state index is 11.6. The van der Waals surface area contributed by atoms with Gasteiger partial charge >= 0.3 is 6.03 Å². The third kappa shape index (κ3) is 4.45. The molecule has 0 unspecified atom stereocenters. The quantitative estimate of drug-likeness (QED) is 0.761. The number of anilines is 1. The number of carbonyl (C=O) groups is 2. The molecule has 0 aliphatic rings. The zero-order chi connectivity index (χ0) is 14.2. The zero-order valence-electron chi connectivity index (χ0n) is 10.6. The van der Waals surface area contributed by atoms with Crippen LogP contribution in [0.15, 0.2) is 47.3 Å². The number of rotatable bonds is 5. The van der Waals surface area contributed by atoms with Gasteiger partial charge in [0, 0.05) is 18.1 Å². The molecule has 7 nitrogen and oxygen atoms in total. The molecular formula is C13H14N4O3. The summed E-state index contributed by atoms with van der Waals surface area (Å²) < 4.78 is 5.06. The van der Waals surface area contributed by atoms with Gasteiger partial charge in [0.25, 0.3) is 0 Å². The number of hydrogen-bond acceptors (Lipinski definition) is 4. The van der Waals surface area contributed by atoms with E-state index in [-0.39, 0.29) is 19.0 Å². The first kappa shape index (κ1) is 13.6. The molecule has 0 radical (unpaired) electrons. The summed E-state index contributed by atoms with van der Waals surface area (Å²) in [6.45, 7) is 0.150. The molecule has 2 aromatic heterocycles. The van der Waals surface area contributed by atoms with Crippen molar-refractivity contribution < 1.29 is 14.0 Å². The van der Waals surface area contributed by atoms with E-state index in [0.717, 1.165) is 0 Å². The number of furan rings is 1. The molecule has 0 saturated carbocycles. The molecule has 2 heterocycles. The molecule has 0 fully saturated rings. The van der Waals surface area contributed by atoms with Gasteiger partial charge in [0.05, 0.1) is 19.4 Å². The molecule has 7 heteroatoms. The summed E-state index contributed by atoms with van der Waals surface area (Å²) in [7, 11) is 0. The van der Waals surface area contributed by atoms with Crippen molar-refractivity contribution >= 4 is 17.6 Å². The van der Waals surface area contributed by atoms with Crippen molar-refractivity contribution in [3.8, 4) is 0 Å². The smallest absolute Gasteiger partial charge is 0.315 e. The van der Waals surface area contributed by atoms with Crippen molar-refractivity contribution in [1.82, 2.24) is 15.6 Å². The lowest BCUT2D eigenvalue weighted by atomic mass is 10.4. The van der Waals surface area contributed by atoms with E-state index in [2.05, 4.69) is 20.9 Å². The van der Waals surface area contributed by atoms with Crippen LogP contribution in [-0.2, 0) is 11.3 Å². The minimum atomic E-state index is -0.439. The Bertz CT molecular complexity index is 554. The molecule has 20 heavy (non-hydrogen) atoms. The number of carbonyl (C=O) groups excluding carboxylic acids is 2. The number of hydrogen-bond donors (Lipinski definition) is 3. The fourth-order valence-corrected chi connectivity index (χ4v) is 1.44. The van der Waals surface area contributed by atoms with Crippen LogP contribution in [0.4, 0.5) is 10.5 Å². The topological polar surface area (TPSA) is 96.3 Å². The highest BCUT2D eigenvalue weighted by atomic mass is 16.3. The van der Waals surface area contributed by atoms with Crippen molar-refractivity contribution in [2.24, 2.45) is 0 Å². The van der Waals surface area contributed by atoms with Crippen molar-refractivity contribution in [2.45, 2.75) is 6.54 Å².